The van der Waals surface area contributed by atoms with Crippen LogP contribution in [0.25, 0.3) is 0 Å². The molecule has 0 saturated carbocycles. The molecule has 27 heavy (non-hydrogen) atoms. The number of amides is 1. The molecule has 0 aliphatic heterocycles. The molecule has 0 aliphatic carbocycles. The SMILES string of the molecule is CC(C)(C)c1ccc(S(=O)(=O)NNC(=O)COc2ccccc2C#N)cc1. The van der Waals surface area contributed by atoms with Crippen LogP contribution in [0.5, 0.6) is 5.75 Å². The molecule has 0 unspecified atom stereocenters. The molecular weight excluding hydrogens is 366 g/mol. The summed E-state index contributed by atoms with van der Waals surface area (Å²) in [6, 6.07) is 14.8. The lowest BCUT2D eigenvalue weighted by atomic mass is 9.87. The van der Waals surface area contributed by atoms with Crippen molar-refractivity contribution in [1.29, 1.82) is 5.26 Å². The first kappa shape index (κ1) is 20.4. The number of rotatable bonds is 6. The normalized spacial score (nSPS) is 11.5. The van der Waals surface area contributed by atoms with Crippen LogP contribution in [0.4, 0.5) is 0 Å². The number of para-hydroxylation sites is 1. The molecule has 0 atom stereocenters. The van der Waals surface area contributed by atoms with Gasteiger partial charge in [0, 0.05) is 0 Å². The summed E-state index contributed by atoms with van der Waals surface area (Å²) < 4.78 is 29.8. The van der Waals surface area contributed by atoms with Gasteiger partial charge in [-0.2, -0.15) is 5.26 Å². The van der Waals surface area contributed by atoms with E-state index in [1.807, 2.05) is 31.7 Å². The molecule has 0 saturated heterocycles. The number of carbonyl (C=O) groups is 1. The summed E-state index contributed by atoms with van der Waals surface area (Å²) in [5.74, 6) is -0.451. The van der Waals surface area contributed by atoms with Crippen LogP contribution >= 0.6 is 0 Å². The zero-order valence-corrected chi connectivity index (χ0v) is 16.1. The lowest BCUT2D eigenvalue weighted by Gasteiger charge is -2.19. The highest BCUT2D eigenvalue weighted by molar-refractivity contribution is 7.89. The maximum atomic E-state index is 12.3. The van der Waals surface area contributed by atoms with E-state index in [1.165, 1.54) is 12.1 Å². The highest BCUT2D eigenvalue weighted by atomic mass is 32.2. The van der Waals surface area contributed by atoms with Crippen LogP contribution in [0.2, 0.25) is 0 Å². The second-order valence-electron chi connectivity index (χ2n) is 6.82. The Kier molecular flexibility index (Phi) is 6.20. The van der Waals surface area contributed by atoms with Crippen LogP contribution in [0, 0.1) is 11.3 Å². The molecule has 8 heteroatoms. The van der Waals surface area contributed by atoms with E-state index in [9.17, 15) is 13.2 Å². The predicted molar refractivity (Wildman–Crippen MR) is 100 cm³/mol. The maximum absolute atomic E-state index is 12.3. The molecule has 2 N–H and O–H groups in total. The fraction of sp³-hybridized carbons (Fsp3) is 0.263. The van der Waals surface area contributed by atoms with Crippen LogP contribution in [0.1, 0.15) is 31.9 Å². The van der Waals surface area contributed by atoms with Crippen LogP contribution < -0.4 is 15.0 Å². The quantitative estimate of drug-likeness (QED) is 0.739. The Bertz CT molecular complexity index is 956. The molecular formula is C19H21N3O4S. The third-order valence-electron chi connectivity index (χ3n) is 3.72. The summed E-state index contributed by atoms with van der Waals surface area (Å²) >= 11 is 0. The Morgan fingerprint density at radius 1 is 1.11 bits per heavy atom. The molecule has 1 amide bonds. The van der Waals surface area contributed by atoms with Gasteiger partial charge in [0.2, 0.25) is 0 Å². The van der Waals surface area contributed by atoms with E-state index in [2.05, 4.69) is 5.43 Å². The highest BCUT2D eigenvalue weighted by Crippen LogP contribution is 2.23. The average Bonchev–Trinajstić information content (AvgIpc) is 2.64. The van der Waals surface area contributed by atoms with Gasteiger partial charge in [0.1, 0.15) is 11.8 Å². The second-order valence-corrected chi connectivity index (χ2v) is 8.51. The number of hydrazine groups is 1. The topological polar surface area (TPSA) is 108 Å². The first-order valence-electron chi connectivity index (χ1n) is 8.16. The molecule has 7 nitrogen and oxygen atoms in total. The Morgan fingerprint density at radius 2 is 1.74 bits per heavy atom. The fourth-order valence-corrected chi connectivity index (χ4v) is 3.04. The number of carbonyl (C=O) groups excluding carboxylic acids is 1. The maximum Gasteiger partial charge on any atom is 0.272 e. The summed E-state index contributed by atoms with van der Waals surface area (Å²) in [5, 5.41) is 8.97. The van der Waals surface area contributed by atoms with E-state index in [-0.39, 0.29) is 21.6 Å². The molecule has 2 aromatic carbocycles. The van der Waals surface area contributed by atoms with E-state index in [0.717, 1.165) is 5.56 Å². The van der Waals surface area contributed by atoms with Crippen molar-refractivity contribution in [3.05, 3.63) is 59.7 Å². The molecule has 2 aromatic rings. The van der Waals surface area contributed by atoms with E-state index >= 15 is 0 Å². The number of nitrogens with zero attached hydrogens (tertiary/aromatic N) is 1. The van der Waals surface area contributed by atoms with Crippen molar-refractivity contribution in [3.8, 4) is 11.8 Å². The molecule has 0 heterocycles. The Hall–Kier alpha value is -2.89. The van der Waals surface area contributed by atoms with E-state index in [1.54, 1.807) is 36.4 Å². The first-order valence-corrected chi connectivity index (χ1v) is 9.65. The van der Waals surface area contributed by atoms with Crippen LogP contribution in [-0.4, -0.2) is 20.9 Å². The van der Waals surface area contributed by atoms with Crippen molar-refractivity contribution in [3.63, 3.8) is 0 Å². The molecule has 0 bridgehead atoms. The van der Waals surface area contributed by atoms with Gasteiger partial charge in [-0.05, 0) is 35.2 Å². The molecule has 142 valence electrons. The number of benzene rings is 2. The monoisotopic (exact) mass is 387 g/mol. The minimum Gasteiger partial charge on any atom is -0.482 e. The van der Waals surface area contributed by atoms with E-state index in [0.29, 0.717) is 0 Å². The number of hydrogen-bond acceptors (Lipinski definition) is 5. The van der Waals surface area contributed by atoms with Gasteiger partial charge in [-0.15, -0.1) is 4.83 Å². The first-order chi connectivity index (χ1) is 12.6. The number of nitrogens with one attached hydrogen (secondary N) is 2. The van der Waals surface area contributed by atoms with Crippen molar-refractivity contribution in [2.75, 3.05) is 6.61 Å². The van der Waals surface area contributed by atoms with E-state index in [4.69, 9.17) is 10.00 Å². The summed E-state index contributed by atoms with van der Waals surface area (Å²) in [4.78, 5) is 13.9. The molecule has 0 fully saturated rings. The van der Waals surface area contributed by atoms with Gasteiger partial charge < -0.3 is 4.74 Å². The highest BCUT2D eigenvalue weighted by Gasteiger charge is 2.18. The second kappa shape index (κ2) is 8.20. The predicted octanol–water partition coefficient (Wildman–Crippen LogP) is 2.24. The molecule has 0 aromatic heterocycles. The molecule has 0 radical (unpaired) electrons. The largest absolute Gasteiger partial charge is 0.482 e. The number of nitriles is 1. The van der Waals surface area contributed by atoms with Crippen molar-refractivity contribution in [1.82, 2.24) is 10.3 Å². The smallest absolute Gasteiger partial charge is 0.272 e. The Morgan fingerprint density at radius 3 is 2.33 bits per heavy atom. The van der Waals surface area contributed by atoms with Crippen molar-refractivity contribution >= 4 is 15.9 Å². The lowest BCUT2D eigenvalue weighted by molar-refractivity contribution is -0.123. The summed E-state index contributed by atoms with van der Waals surface area (Å²) in [5.41, 5.74) is 3.27. The standard InChI is InChI=1S/C19H21N3O4S/c1-19(2,3)15-8-10-16(11-9-15)27(24,25)22-21-18(23)13-26-17-7-5-4-6-14(17)12-20/h4-11,22H,13H2,1-3H3,(H,21,23). The van der Waals surface area contributed by atoms with Gasteiger partial charge in [0.05, 0.1) is 10.5 Å². The van der Waals surface area contributed by atoms with Crippen molar-refractivity contribution in [2.45, 2.75) is 31.1 Å². The van der Waals surface area contributed by atoms with Gasteiger partial charge >= 0.3 is 0 Å². The molecule has 0 aliphatic rings. The number of sulfonamides is 1. The van der Waals surface area contributed by atoms with Gasteiger partial charge in [0.15, 0.2) is 6.61 Å². The third kappa shape index (κ3) is 5.54. The molecule has 0 spiro atoms. The van der Waals surface area contributed by atoms with Gasteiger partial charge in [-0.25, -0.2) is 8.42 Å². The minimum absolute atomic E-state index is 0.0338. The minimum atomic E-state index is -3.90. The fourth-order valence-electron chi connectivity index (χ4n) is 2.18. The Balaban J connectivity index is 1.94. The van der Waals surface area contributed by atoms with Crippen molar-refractivity contribution in [2.24, 2.45) is 0 Å². The van der Waals surface area contributed by atoms with Gasteiger partial charge in [-0.1, -0.05) is 45.0 Å². The zero-order valence-electron chi connectivity index (χ0n) is 15.3. The zero-order chi connectivity index (χ0) is 20.1. The molecule has 2 rings (SSSR count). The van der Waals surface area contributed by atoms with Crippen LogP contribution in [0.15, 0.2) is 53.4 Å². The average molecular weight is 387 g/mol. The Labute approximate surface area is 159 Å². The summed E-state index contributed by atoms with van der Waals surface area (Å²) in [6.07, 6.45) is 0. The lowest BCUT2D eigenvalue weighted by Crippen LogP contribution is -2.43. The summed E-state index contributed by atoms with van der Waals surface area (Å²) in [6.45, 7) is 5.64. The third-order valence-corrected chi connectivity index (χ3v) is 4.99. The summed E-state index contributed by atoms with van der Waals surface area (Å²) in [7, 11) is -3.90. The van der Waals surface area contributed by atoms with Crippen LogP contribution in [0.3, 0.4) is 0 Å². The van der Waals surface area contributed by atoms with Gasteiger partial charge in [-0.3, -0.25) is 10.2 Å². The number of ether oxygens (including phenoxy) is 1. The number of hydrogen-bond donors (Lipinski definition) is 2. The van der Waals surface area contributed by atoms with E-state index < -0.39 is 22.5 Å². The van der Waals surface area contributed by atoms with Crippen LogP contribution in [-0.2, 0) is 20.2 Å². The van der Waals surface area contributed by atoms with Crippen molar-refractivity contribution < 1.29 is 17.9 Å². The van der Waals surface area contributed by atoms with Gasteiger partial charge in [0.25, 0.3) is 15.9 Å².